The minimum atomic E-state index is -0.495. The summed E-state index contributed by atoms with van der Waals surface area (Å²) in [5, 5.41) is 4.57. The van der Waals surface area contributed by atoms with E-state index in [4.69, 9.17) is 27.9 Å². The van der Waals surface area contributed by atoms with E-state index in [0.29, 0.717) is 39.7 Å². The topological polar surface area (TPSA) is 55.4 Å². The Morgan fingerprint density at radius 2 is 1.77 bits per heavy atom. The first-order valence-corrected chi connectivity index (χ1v) is 10.5. The molecule has 2 aromatic rings. The number of esters is 1. The number of hydrogen-bond donors (Lipinski definition) is 1. The van der Waals surface area contributed by atoms with Gasteiger partial charge in [0.2, 0.25) is 0 Å². The van der Waals surface area contributed by atoms with Crippen LogP contribution < -0.4 is 5.32 Å². The van der Waals surface area contributed by atoms with E-state index in [-0.39, 0.29) is 11.7 Å². The lowest BCUT2D eigenvalue weighted by Gasteiger charge is -2.36. The number of dihydropyridines is 1. The standard InChI is InChI=1S/C24H21Cl2NO3/c1-13-21(24(29)30-2)22(14-7-9-16(25)10-8-14)23-19(27-13)11-15(12-20(23)28)17-5-3-4-6-18(17)26/h3-10,15,22,27H,11-12H2,1-2H3. The van der Waals surface area contributed by atoms with Gasteiger partial charge in [-0.1, -0.05) is 53.5 Å². The van der Waals surface area contributed by atoms with Crippen LogP contribution in [0.25, 0.3) is 0 Å². The van der Waals surface area contributed by atoms with Gasteiger partial charge in [0, 0.05) is 39.4 Å². The maximum atomic E-state index is 13.4. The summed E-state index contributed by atoms with van der Waals surface area (Å²) in [6, 6.07) is 14.9. The first-order valence-electron chi connectivity index (χ1n) is 9.73. The number of halogens is 2. The monoisotopic (exact) mass is 441 g/mol. The van der Waals surface area contributed by atoms with E-state index in [1.165, 1.54) is 7.11 Å². The highest BCUT2D eigenvalue weighted by molar-refractivity contribution is 6.31. The van der Waals surface area contributed by atoms with E-state index >= 15 is 0 Å². The Bertz CT molecular complexity index is 1090. The Hall–Kier alpha value is -2.56. The predicted molar refractivity (Wildman–Crippen MR) is 118 cm³/mol. The van der Waals surface area contributed by atoms with Gasteiger partial charge >= 0.3 is 5.97 Å². The van der Waals surface area contributed by atoms with Gasteiger partial charge in [0.25, 0.3) is 0 Å². The second-order valence-electron chi connectivity index (χ2n) is 7.58. The van der Waals surface area contributed by atoms with Crippen LogP contribution in [0.15, 0.2) is 71.1 Å². The van der Waals surface area contributed by atoms with Gasteiger partial charge in [-0.3, -0.25) is 4.79 Å². The van der Waals surface area contributed by atoms with Crippen molar-refractivity contribution in [1.29, 1.82) is 0 Å². The van der Waals surface area contributed by atoms with Crippen molar-refractivity contribution in [2.24, 2.45) is 0 Å². The molecule has 6 heteroatoms. The summed E-state index contributed by atoms with van der Waals surface area (Å²) in [5.74, 6) is -0.962. The number of Topliss-reactive ketones (excluding diaryl/α,β-unsaturated/α-hetero) is 1. The molecule has 0 amide bonds. The molecule has 1 aliphatic heterocycles. The third-order valence-electron chi connectivity index (χ3n) is 5.78. The Morgan fingerprint density at radius 1 is 1.07 bits per heavy atom. The molecule has 0 saturated heterocycles. The predicted octanol–water partition coefficient (Wildman–Crippen LogP) is 5.53. The number of carbonyl (C=O) groups excluding carboxylic acids is 2. The van der Waals surface area contributed by atoms with Crippen molar-refractivity contribution in [3.63, 3.8) is 0 Å². The van der Waals surface area contributed by atoms with Crippen molar-refractivity contribution in [2.75, 3.05) is 7.11 Å². The number of benzene rings is 2. The average molecular weight is 442 g/mol. The minimum absolute atomic E-state index is 0.00234. The zero-order chi connectivity index (χ0) is 21.4. The number of nitrogens with one attached hydrogen (secondary N) is 1. The van der Waals surface area contributed by atoms with Gasteiger partial charge in [-0.2, -0.15) is 0 Å². The lowest BCUT2D eigenvalue weighted by molar-refractivity contribution is -0.136. The Morgan fingerprint density at radius 3 is 2.43 bits per heavy atom. The molecule has 2 atom stereocenters. The van der Waals surface area contributed by atoms with Gasteiger partial charge in [0.1, 0.15) is 0 Å². The van der Waals surface area contributed by atoms with Gasteiger partial charge in [-0.05, 0) is 48.6 Å². The number of methoxy groups -OCH3 is 1. The van der Waals surface area contributed by atoms with Crippen molar-refractivity contribution in [3.05, 3.63) is 92.2 Å². The first kappa shape index (κ1) is 20.7. The number of ketones is 1. The fraction of sp³-hybridized carbons (Fsp3) is 0.250. The highest BCUT2D eigenvalue weighted by atomic mass is 35.5. The Labute approximate surface area is 185 Å². The Balaban J connectivity index is 1.82. The summed E-state index contributed by atoms with van der Waals surface area (Å²) in [7, 11) is 1.35. The maximum Gasteiger partial charge on any atom is 0.336 e. The van der Waals surface area contributed by atoms with E-state index in [9.17, 15) is 9.59 Å². The van der Waals surface area contributed by atoms with E-state index in [2.05, 4.69) is 5.32 Å². The average Bonchev–Trinajstić information content (AvgIpc) is 2.73. The zero-order valence-electron chi connectivity index (χ0n) is 16.7. The summed E-state index contributed by atoms with van der Waals surface area (Å²) in [5.41, 5.74) is 4.38. The number of ether oxygens (including phenoxy) is 1. The SMILES string of the molecule is COC(=O)C1=C(C)NC2=C(C(=O)CC(c3ccccc3Cl)C2)C1c1ccc(Cl)cc1. The molecule has 0 fully saturated rings. The molecule has 4 rings (SSSR count). The minimum Gasteiger partial charge on any atom is -0.466 e. The molecule has 1 heterocycles. The molecule has 1 N–H and O–H groups in total. The first-order chi connectivity index (χ1) is 14.4. The molecule has 0 aromatic heterocycles. The molecule has 0 radical (unpaired) electrons. The van der Waals surface area contributed by atoms with Crippen LogP contribution in [0.5, 0.6) is 0 Å². The lowest BCUT2D eigenvalue weighted by atomic mass is 9.72. The fourth-order valence-electron chi connectivity index (χ4n) is 4.43. The number of allylic oxidation sites excluding steroid dienone is 3. The van der Waals surface area contributed by atoms with Gasteiger partial charge in [0.05, 0.1) is 12.7 Å². The number of rotatable bonds is 3. The maximum absolute atomic E-state index is 13.4. The molecule has 2 unspecified atom stereocenters. The summed E-state index contributed by atoms with van der Waals surface area (Å²) in [6.07, 6.45) is 0.975. The van der Waals surface area contributed by atoms with Crippen LogP contribution in [0.1, 0.15) is 42.7 Å². The second-order valence-corrected chi connectivity index (χ2v) is 8.43. The summed E-state index contributed by atoms with van der Waals surface area (Å²) >= 11 is 12.5. The quantitative estimate of drug-likeness (QED) is 0.636. The van der Waals surface area contributed by atoms with E-state index in [1.54, 1.807) is 12.1 Å². The van der Waals surface area contributed by atoms with Gasteiger partial charge in [-0.25, -0.2) is 4.79 Å². The molecule has 0 spiro atoms. The van der Waals surface area contributed by atoms with Crippen LogP contribution in [0, 0.1) is 0 Å². The largest absolute Gasteiger partial charge is 0.466 e. The van der Waals surface area contributed by atoms with Crippen LogP contribution in [-0.4, -0.2) is 18.9 Å². The molecular weight excluding hydrogens is 421 g/mol. The van der Waals surface area contributed by atoms with Crippen LogP contribution >= 0.6 is 23.2 Å². The Kier molecular flexibility index (Phi) is 5.72. The van der Waals surface area contributed by atoms with Crippen molar-refractivity contribution in [1.82, 2.24) is 5.32 Å². The van der Waals surface area contributed by atoms with Crippen molar-refractivity contribution in [3.8, 4) is 0 Å². The van der Waals surface area contributed by atoms with Gasteiger partial charge < -0.3 is 10.1 Å². The third kappa shape index (κ3) is 3.66. The molecule has 2 aliphatic rings. The second kappa shape index (κ2) is 8.29. The summed E-state index contributed by atoms with van der Waals surface area (Å²) < 4.78 is 5.04. The molecular formula is C24H21Cl2NO3. The van der Waals surface area contributed by atoms with E-state index in [1.807, 2.05) is 43.3 Å². The van der Waals surface area contributed by atoms with Crippen molar-refractivity contribution in [2.45, 2.75) is 31.6 Å². The lowest BCUT2D eigenvalue weighted by Crippen LogP contribution is -2.36. The molecule has 4 nitrogen and oxygen atoms in total. The smallest absolute Gasteiger partial charge is 0.336 e. The number of hydrogen-bond acceptors (Lipinski definition) is 4. The van der Waals surface area contributed by atoms with E-state index in [0.717, 1.165) is 16.8 Å². The fourth-order valence-corrected chi connectivity index (χ4v) is 4.85. The van der Waals surface area contributed by atoms with Crippen LogP contribution in [0.4, 0.5) is 0 Å². The van der Waals surface area contributed by atoms with Crippen LogP contribution in [0.3, 0.4) is 0 Å². The number of carbonyl (C=O) groups is 2. The van der Waals surface area contributed by atoms with Crippen LogP contribution in [0.2, 0.25) is 10.0 Å². The molecule has 30 heavy (non-hydrogen) atoms. The molecule has 0 saturated carbocycles. The van der Waals surface area contributed by atoms with E-state index < -0.39 is 11.9 Å². The normalized spacial score (nSPS) is 21.3. The third-order valence-corrected chi connectivity index (χ3v) is 6.38. The molecule has 154 valence electrons. The highest BCUT2D eigenvalue weighted by Crippen LogP contribution is 2.46. The zero-order valence-corrected chi connectivity index (χ0v) is 18.2. The summed E-state index contributed by atoms with van der Waals surface area (Å²) in [6.45, 7) is 1.84. The molecule has 1 aliphatic carbocycles. The van der Waals surface area contributed by atoms with Gasteiger partial charge in [-0.15, -0.1) is 0 Å². The highest BCUT2D eigenvalue weighted by Gasteiger charge is 2.41. The summed E-state index contributed by atoms with van der Waals surface area (Å²) in [4.78, 5) is 26.0. The van der Waals surface area contributed by atoms with Gasteiger partial charge in [0.15, 0.2) is 5.78 Å². The molecule has 0 bridgehead atoms. The van der Waals surface area contributed by atoms with Crippen LogP contribution in [-0.2, 0) is 14.3 Å². The molecule has 2 aromatic carbocycles. The van der Waals surface area contributed by atoms with Crippen molar-refractivity contribution < 1.29 is 14.3 Å². The van der Waals surface area contributed by atoms with Crippen molar-refractivity contribution >= 4 is 35.0 Å².